The molecule has 1 aliphatic heterocycles. The fourth-order valence-corrected chi connectivity index (χ4v) is 1.64. The number of hydrogen-bond donors (Lipinski definition) is 2. The Hall–Kier alpha value is 0.650. The van der Waals surface area contributed by atoms with Crippen LogP contribution in [0.5, 0.6) is 0 Å². The van der Waals surface area contributed by atoms with Crippen LogP contribution >= 0.6 is 22.6 Å². The Bertz CT molecular complexity index is 97.1. The van der Waals surface area contributed by atoms with E-state index in [1.54, 1.807) is 0 Å². The van der Waals surface area contributed by atoms with Crippen LogP contribution in [0, 0.1) is 0 Å². The van der Waals surface area contributed by atoms with Gasteiger partial charge in [0.25, 0.3) is 0 Å². The predicted octanol–water partition coefficient (Wildman–Crippen LogP) is 0.533. The van der Waals surface area contributed by atoms with Gasteiger partial charge in [0.05, 0.1) is 6.10 Å². The van der Waals surface area contributed by atoms with Gasteiger partial charge in [-0.3, -0.25) is 0 Å². The molecular weight excluding hydrogens is 229 g/mol. The highest BCUT2D eigenvalue weighted by Crippen LogP contribution is 2.15. The van der Waals surface area contributed by atoms with Crippen molar-refractivity contribution in [2.45, 2.75) is 29.4 Å². The molecule has 0 spiro atoms. The van der Waals surface area contributed by atoms with E-state index < -0.39 is 0 Å². The summed E-state index contributed by atoms with van der Waals surface area (Å²) in [5.74, 6) is 0. The zero-order valence-electron chi connectivity index (χ0n) is 5.47. The normalized spacial score (nSPS) is 39.0. The van der Waals surface area contributed by atoms with E-state index in [0.29, 0.717) is 9.97 Å². The average molecular weight is 241 g/mol. The first-order valence-corrected chi connectivity index (χ1v) is 4.50. The molecule has 1 aliphatic rings. The van der Waals surface area contributed by atoms with Gasteiger partial charge in [-0.05, 0) is 6.42 Å². The highest BCUT2D eigenvalue weighted by molar-refractivity contribution is 14.1. The van der Waals surface area contributed by atoms with Gasteiger partial charge in [0.1, 0.15) is 0 Å². The van der Waals surface area contributed by atoms with Crippen molar-refractivity contribution in [1.29, 1.82) is 0 Å². The Morgan fingerprint density at radius 3 is 2.67 bits per heavy atom. The molecule has 3 atom stereocenters. The minimum Gasteiger partial charge on any atom is -0.392 e. The topological polar surface area (TPSA) is 32.3 Å². The maximum Gasteiger partial charge on any atom is 0.0679 e. The van der Waals surface area contributed by atoms with Crippen molar-refractivity contribution in [3.8, 4) is 0 Å². The number of β-amino-alcohol motifs (C(OH)–C–C–N with tert-alkyl or cyclic N) is 1. The number of aliphatic hydroxyl groups excluding tert-OH is 1. The lowest BCUT2D eigenvalue weighted by Crippen LogP contribution is -2.28. The summed E-state index contributed by atoms with van der Waals surface area (Å²) in [6.45, 7) is 2.94. The van der Waals surface area contributed by atoms with Crippen LogP contribution in [-0.2, 0) is 0 Å². The standard InChI is InChI=1S/C6H12INO/c1-4(7)6-2-5(9)3-8-6/h4-6,8-9H,2-3H2,1H3/t4?,5-,6-/m1/s1. The molecule has 0 bridgehead atoms. The van der Waals surface area contributed by atoms with Gasteiger partial charge in [-0.2, -0.15) is 0 Å². The molecule has 2 N–H and O–H groups in total. The third kappa shape index (κ3) is 2.05. The molecular formula is C6H12INO. The number of halogens is 1. The monoisotopic (exact) mass is 241 g/mol. The average Bonchev–Trinajstić information content (AvgIpc) is 2.14. The molecule has 1 unspecified atom stereocenters. The van der Waals surface area contributed by atoms with Gasteiger partial charge in [-0.15, -0.1) is 0 Å². The highest BCUT2D eigenvalue weighted by atomic mass is 127. The molecule has 0 aromatic rings. The van der Waals surface area contributed by atoms with E-state index in [0.717, 1.165) is 13.0 Å². The van der Waals surface area contributed by atoms with Gasteiger partial charge >= 0.3 is 0 Å². The predicted molar refractivity (Wildman–Crippen MR) is 45.9 cm³/mol. The lowest BCUT2D eigenvalue weighted by Gasteiger charge is -2.11. The highest BCUT2D eigenvalue weighted by Gasteiger charge is 2.24. The number of hydrogen-bond acceptors (Lipinski definition) is 2. The number of aliphatic hydroxyl groups is 1. The zero-order chi connectivity index (χ0) is 6.85. The van der Waals surface area contributed by atoms with E-state index in [1.165, 1.54) is 0 Å². The van der Waals surface area contributed by atoms with Gasteiger partial charge < -0.3 is 10.4 Å². The lowest BCUT2D eigenvalue weighted by atomic mass is 10.1. The first-order chi connectivity index (χ1) is 4.20. The molecule has 0 aromatic heterocycles. The van der Waals surface area contributed by atoms with Crippen LogP contribution in [-0.4, -0.2) is 27.7 Å². The number of nitrogens with one attached hydrogen (secondary N) is 1. The fourth-order valence-electron chi connectivity index (χ4n) is 1.10. The minimum absolute atomic E-state index is 0.104. The molecule has 0 saturated carbocycles. The molecule has 0 amide bonds. The Kier molecular flexibility index (Phi) is 2.73. The molecule has 3 heteroatoms. The zero-order valence-corrected chi connectivity index (χ0v) is 7.63. The molecule has 54 valence electrons. The van der Waals surface area contributed by atoms with Crippen molar-refractivity contribution in [2.24, 2.45) is 0 Å². The number of alkyl halides is 1. The van der Waals surface area contributed by atoms with Gasteiger partial charge in [0.15, 0.2) is 0 Å². The van der Waals surface area contributed by atoms with Crippen LogP contribution in [0.15, 0.2) is 0 Å². The smallest absolute Gasteiger partial charge is 0.0679 e. The first kappa shape index (κ1) is 7.75. The summed E-state index contributed by atoms with van der Waals surface area (Å²) in [5.41, 5.74) is 0. The van der Waals surface area contributed by atoms with E-state index in [2.05, 4.69) is 34.8 Å². The quantitative estimate of drug-likeness (QED) is 0.518. The van der Waals surface area contributed by atoms with Crippen LogP contribution in [0.2, 0.25) is 0 Å². The van der Waals surface area contributed by atoms with Crippen molar-refractivity contribution in [3.63, 3.8) is 0 Å². The summed E-state index contributed by atoms with van der Waals surface area (Å²) in [4.78, 5) is 0. The van der Waals surface area contributed by atoms with Crippen molar-refractivity contribution >= 4 is 22.6 Å². The SMILES string of the molecule is CC(I)[C@H]1C[C@@H](O)CN1. The second-order valence-corrected chi connectivity index (χ2v) is 4.55. The molecule has 0 radical (unpaired) electrons. The summed E-state index contributed by atoms with van der Waals surface area (Å²) < 4.78 is 0.625. The summed E-state index contributed by atoms with van der Waals surface area (Å²) >= 11 is 2.38. The van der Waals surface area contributed by atoms with Crippen molar-refractivity contribution in [1.82, 2.24) is 5.32 Å². The Morgan fingerprint density at radius 2 is 2.44 bits per heavy atom. The molecule has 9 heavy (non-hydrogen) atoms. The summed E-state index contributed by atoms with van der Waals surface area (Å²) in [6, 6.07) is 0.528. The molecule has 0 aromatic carbocycles. The Morgan fingerprint density at radius 1 is 1.78 bits per heavy atom. The molecule has 1 saturated heterocycles. The third-order valence-corrected chi connectivity index (χ3v) is 2.56. The van der Waals surface area contributed by atoms with E-state index in [-0.39, 0.29) is 6.10 Å². The van der Waals surface area contributed by atoms with E-state index in [1.807, 2.05) is 0 Å². The first-order valence-electron chi connectivity index (χ1n) is 3.25. The van der Waals surface area contributed by atoms with Gasteiger partial charge in [-0.25, -0.2) is 0 Å². The van der Waals surface area contributed by atoms with Gasteiger partial charge in [0.2, 0.25) is 0 Å². The maximum absolute atomic E-state index is 9.08. The maximum atomic E-state index is 9.08. The van der Waals surface area contributed by atoms with Crippen LogP contribution in [0.4, 0.5) is 0 Å². The van der Waals surface area contributed by atoms with Gasteiger partial charge in [-0.1, -0.05) is 29.5 Å². The molecule has 1 heterocycles. The Labute approximate surface area is 69.2 Å². The number of rotatable bonds is 1. The van der Waals surface area contributed by atoms with Crippen molar-refractivity contribution in [3.05, 3.63) is 0 Å². The fraction of sp³-hybridized carbons (Fsp3) is 1.00. The van der Waals surface area contributed by atoms with Crippen LogP contribution in [0.25, 0.3) is 0 Å². The summed E-state index contributed by atoms with van der Waals surface area (Å²) in [6.07, 6.45) is 0.816. The molecule has 2 nitrogen and oxygen atoms in total. The van der Waals surface area contributed by atoms with Crippen LogP contribution in [0.1, 0.15) is 13.3 Å². The largest absolute Gasteiger partial charge is 0.392 e. The van der Waals surface area contributed by atoms with Gasteiger partial charge in [0, 0.05) is 16.5 Å². The molecule has 1 fully saturated rings. The molecule has 0 aliphatic carbocycles. The summed E-state index contributed by atoms with van der Waals surface area (Å²) in [5, 5.41) is 12.3. The minimum atomic E-state index is -0.104. The molecule has 1 rings (SSSR count). The van der Waals surface area contributed by atoms with Crippen molar-refractivity contribution in [2.75, 3.05) is 6.54 Å². The van der Waals surface area contributed by atoms with E-state index >= 15 is 0 Å². The third-order valence-electron chi connectivity index (χ3n) is 1.70. The Balaban J connectivity index is 2.30. The lowest BCUT2D eigenvalue weighted by molar-refractivity contribution is 0.193. The van der Waals surface area contributed by atoms with Crippen molar-refractivity contribution < 1.29 is 5.11 Å². The second kappa shape index (κ2) is 3.16. The van der Waals surface area contributed by atoms with E-state index in [4.69, 9.17) is 5.11 Å². The van der Waals surface area contributed by atoms with Crippen LogP contribution < -0.4 is 5.32 Å². The van der Waals surface area contributed by atoms with E-state index in [9.17, 15) is 0 Å². The second-order valence-electron chi connectivity index (χ2n) is 2.58. The summed E-state index contributed by atoms with van der Waals surface area (Å²) in [7, 11) is 0. The van der Waals surface area contributed by atoms with Crippen LogP contribution in [0.3, 0.4) is 0 Å².